The highest BCUT2D eigenvalue weighted by Gasteiger charge is 2.11. The number of hydrogen-bond donors (Lipinski definition) is 2. The predicted molar refractivity (Wildman–Crippen MR) is 63.4 cm³/mol. The molecule has 0 aliphatic carbocycles. The van der Waals surface area contributed by atoms with Crippen LogP contribution in [0.5, 0.6) is 0 Å². The van der Waals surface area contributed by atoms with Gasteiger partial charge >= 0.3 is 0 Å². The lowest BCUT2D eigenvalue weighted by atomic mass is 10.1. The molecule has 2 rings (SSSR count). The van der Waals surface area contributed by atoms with Gasteiger partial charge in [0.2, 0.25) is 0 Å². The fraction of sp³-hybridized carbons (Fsp3) is 0.182. The molecule has 1 aromatic carbocycles. The van der Waals surface area contributed by atoms with Crippen LogP contribution in [0.15, 0.2) is 24.4 Å². The number of aromatic nitrogens is 1. The third-order valence-electron chi connectivity index (χ3n) is 2.21. The van der Waals surface area contributed by atoms with Crippen LogP contribution in [-0.2, 0) is 0 Å². The van der Waals surface area contributed by atoms with Crippen molar-refractivity contribution < 1.29 is 4.39 Å². The van der Waals surface area contributed by atoms with E-state index in [-0.39, 0.29) is 0 Å². The summed E-state index contributed by atoms with van der Waals surface area (Å²) in [7, 11) is 3.56. The lowest BCUT2D eigenvalue weighted by Gasteiger charge is -2.16. The molecule has 0 amide bonds. The molecule has 4 nitrogen and oxygen atoms in total. The molecule has 2 aromatic rings. The number of anilines is 2. The largest absolute Gasteiger partial charge is 0.398 e. The van der Waals surface area contributed by atoms with Gasteiger partial charge in [-0.3, -0.25) is 4.98 Å². The van der Waals surface area contributed by atoms with E-state index in [0.29, 0.717) is 16.9 Å². The number of nitrogen functional groups attached to an aromatic ring is 1. The molecule has 0 radical (unpaired) electrons. The smallest absolute Gasteiger partial charge is 0.151 e. The fourth-order valence-corrected chi connectivity index (χ4v) is 1.57. The Kier molecular flexibility index (Phi) is 2.62. The molecule has 1 aromatic heterocycles. The summed E-state index contributed by atoms with van der Waals surface area (Å²) in [6.07, 6.45) is 1.61. The number of nitrogens with zero attached hydrogens (tertiary/aromatic N) is 2. The van der Waals surface area contributed by atoms with E-state index >= 15 is 0 Å². The minimum atomic E-state index is -0.405. The summed E-state index contributed by atoms with van der Waals surface area (Å²) in [4.78, 5) is 4.15. The Bertz CT molecular complexity index is 525. The summed E-state index contributed by atoms with van der Waals surface area (Å²) in [6.45, 7) is 0. The lowest BCUT2D eigenvalue weighted by Crippen LogP contribution is -2.21. The minimum Gasteiger partial charge on any atom is -0.398 e. The Balaban J connectivity index is 2.71. The van der Waals surface area contributed by atoms with E-state index in [1.807, 2.05) is 6.07 Å². The van der Waals surface area contributed by atoms with Crippen LogP contribution >= 0.6 is 0 Å². The molecule has 0 saturated heterocycles. The van der Waals surface area contributed by atoms with Gasteiger partial charge in [-0.25, -0.2) is 9.40 Å². The highest BCUT2D eigenvalue weighted by molar-refractivity contribution is 5.98. The second-order valence-corrected chi connectivity index (χ2v) is 3.73. The molecule has 0 bridgehead atoms. The molecule has 1 heterocycles. The fourth-order valence-electron chi connectivity index (χ4n) is 1.57. The van der Waals surface area contributed by atoms with E-state index < -0.39 is 5.82 Å². The molecule has 0 aliphatic heterocycles. The summed E-state index contributed by atoms with van der Waals surface area (Å²) >= 11 is 0. The molecule has 0 aliphatic rings. The quantitative estimate of drug-likeness (QED) is 0.599. The second-order valence-electron chi connectivity index (χ2n) is 3.73. The zero-order valence-electron chi connectivity index (χ0n) is 9.16. The molecule has 5 heteroatoms. The maximum Gasteiger partial charge on any atom is 0.151 e. The molecule has 0 saturated carbocycles. The highest BCUT2D eigenvalue weighted by atomic mass is 19.1. The lowest BCUT2D eigenvalue weighted by molar-refractivity contribution is 0.488. The Labute approximate surface area is 92.8 Å². The van der Waals surface area contributed by atoms with Crippen molar-refractivity contribution in [3.05, 3.63) is 30.2 Å². The standard InChI is InChI=1S/C11H13FN4/c1-16(2)15-11-8(12)6-9(13)7-4-3-5-14-10(7)11/h3-6,15H,13H2,1-2H3. The van der Waals surface area contributed by atoms with Gasteiger partial charge in [-0.05, 0) is 18.2 Å². The Morgan fingerprint density at radius 3 is 2.88 bits per heavy atom. The molecule has 3 N–H and O–H groups in total. The minimum absolute atomic E-state index is 0.342. The maximum atomic E-state index is 13.7. The van der Waals surface area contributed by atoms with Crippen LogP contribution in [0.4, 0.5) is 15.8 Å². The van der Waals surface area contributed by atoms with Crippen molar-refractivity contribution in [2.45, 2.75) is 0 Å². The molecule has 84 valence electrons. The number of nitrogens with one attached hydrogen (secondary N) is 1. The first-order valence-corrected chi connectivity index (χ1v) is 4.86. The van der Waals surface area contributed by atoms with E-state index in [4.69, 9.17) is 5.73 Å². The molecular weight excluding hydrogens is 207 g/mol. The average molecular weight is 220 g/mol. The van der Waals surface area contributed by atoms with Crippen LogP contribution in [0, 0.1) is 5.82 Å². The molecular formula is C11H13FN4. The topological polar surface area (TPSA) is 54.2 Å². The summed E-state index contributed by atoms with van der Waals surface area (Å²) < 4.78 is 13.7. The van der Waals surface area contributed by atoms with Crippen LogP contribution < -0.4 is 11.2 Å². The monoisotopic (exact) mass is 220 g/mol. The molecule has 0 fully saturated rings. The van der Waals surface area contributed by atoms with Gasteiger partial charge in [0.05, 0.1) is 5.52 Å². The van der Waals surface area contributed by atoms with Gasteiger partial charge in [0.25, 0.3) is 0 Å². The van der Waals surface area contributed by atoms with Crippen molar-refractivity contribution in [2.75, 3.05) is 25.3 Å². The van der Waals surface area contributed by atoms with Crippen molar-refractivity contribution in [1.29, 1.82) is 0 Å². The van der Waals surface area contributed by atoms with Crippen LogP contribution in [0.2, 0.25) is 0 Å². The van der Waals surface area contributed by atoms with E-state index in [0.717, 1.165) is 5.39 Å². The number of pyridine rings is 1. The van der Waals surface area contributed by atoms with Gasteiger partial charge in [0, 0.05) is 31.4 Å². The second kappa shape index (κ2) is 3.94. The van der Waals surface area contributed by atoms with Gasteiger partial charge in [-0.2, -0.15) is 0 Å². The van der Waals surface area contributed by atoms with Gasteiger partial charge in [0.1, 0.15) is 5.69 Å². The van der Waals surface area contributed by atoms with Crippen molar-refractivity contribution in [2.24, 2.45) is 0 Å². The summed E-state index contributed by atoms with van der Waals surface area (Å²) in [5, 5.41) is 2.40. The normalized spacial score (nSPS) is 11.0. The first-order chi connectivity index (χ1) is 7.59. The van der Waals surface area contributed by atoms with E-state index in [1.165, 1.54) is 6.07 Å². The van der Waals surface area contributed by atoms with Gasteiger partial charge in [-0.15, -0.1) is 0 Å². The number of nitrogens with two attached hydrogens (primary N) is 1. The molecule has 0 spiro atoms. The van der Waals surface area contributed by atoms with Crippen LogP contribution in [0.3, 0.4) is 0 Å². The van der Waals surface area contributed by atoms with E-state index in [9.17, 15) is 4.39 Å². The highest BCUT2D eigenvalue weighted by Crippen LogP contribution is 2.29. The number of benzene rings is 1. The van der Waals surface area contributed by atoms with Crippen LogP contribution in [0.1, 0.15) is 0 Å². The van der Waals surface area contributed by atoms with E-state index in [1.54, 1.807) is 31.4 Å². The SMILES string of the molecule is CN(C)Nc1c(F)cc(N)c2cccnc12. The summed E-state index contributed by atoms with van der Waals surface area (Å²) in [5.41, 5.74) is 9.89. The summed E-state index contributed by atoms with van der Waals surface area (Å²) in [5.74, 6) is -0.405. The first kappa shape index (κ1) is 10.6. The van der Waals surface area contributed by atoms with Crippen molar-refractivity contribution in [3.8, 4) is 0 Å². The first-order valence-electron chi connectivity index (χ1n) is 4.86. The van der Waals surface area contributed by atoms with Crippen molar-refractivity contribution >= 4 is 22.3 Å². The zero-order valence-corrected chi connectivity index (χ0v) is 9.16. The summed E-state index contributed by atoms with van der Waals surface area (Å²) in [6, 6.07) is 4.89. The van der Waals surface area contributed by atoms with Gasteiger partial charge in [-0.1, -0.05) is 0 Å². The third kappa shape index (κ3) is 1.77. The Morgan fingerprint density at radius 2 is 2.19 bits per heavy atom. The average Bonchev–Trinajstić information content (AvgIpc) is 2.24. The Morgan fingerprint density at radius 1 is 1.44 bits per heavy atom. The molecule has 0 unspecified atom stereocenters. The Hall–Kier alpha value is -1.88. The van der Waals surface area contributed by atoms with Crippen LogP contribution in [0.25, 0.3) is 10.9 Å². The third-order valence-corrected chi connectivity index (χ3v) is 2.21. The van der Waals surface area contributed by atoms with Crippen LogP contribution in [-0.4, -0.2) is 24.1 Å². The number of halogens is 1. The van der Waals surface area contributed by atoms with E-state index in [2.05, 4.69) is 10.4 Å². The number of hydrazine groups is 1. The van der Waals surface area contributed by atoms with Gasteiger partial charge in [0.15, 0.2) is 5.82 Å². The maximum absolute atomic E-state index is 13.7. The number of rotatable bonds is 2. The number of hydrogen-bond acceptors (Lipinski definition) is 4. The number of fused-ring (bicyclic) bond motifs is 1. The predicted octanol–water partition coefficient (Wildman–Crippen LogP) is 1.84. The van der Waals surface area contributed by atoms with Gasteiger partial charge < -0.3 is 11.2 Å². The van der Waals surface area contributed by atoms with Crippen molar-refractivity contribution in [3.63, 3.8) is 0 Å². The van der Waals surface area contributed by atoms with Crippen molar-refractivity contribution in [1.82, 2.24) is 9.99 Å². The molecule has 0 atom stereocenters. The molecule has 16 heavy (non-hydrogen) atoms. The zero-order chi connectivity index (χ0) is 11.7.